The number of alkyl halides is 1. The van der Waals surface area contributed by atoms with Crippen LogP contribution in [0.1, 0.15) is 16.7 Å². The van der Waals surface area contributed by atoms with E-state index in [0.717, 1.165) is 16.5 Å². The summed E-state index contributed by atoms with van der Waals surface area (Å²) >= 11 is 3.44. The number of aryl methyl sites for hydroxylation is 1. The lowest BCUT2D eigenvalue weighted by Gasteiger charge is -2.16. The van der Waals surface area contributed by atoms with Gasteiger partial charge in [0, 0.05) is 5.33 Å². The Morgan fingerprint density at radius 1 is 0.952 bits per heavy atom. The zero-order valence-electron chi connectivity index (χ0n) is 12.5. The van der Waals surface area contributed by atoms with Crippen LogP contribution in [-0.2, 0) is 11.9 Å². The van der Waals surface area contributed by atoms with E-state index in [1.54, 1.807) is 14.2 Å². The highest BCUT2D eigenvalue weighted by atomic mass is 79.9. The minimum atomic E-state index is 0.474. The van der Waals surface area contributed by atoms with E-state index in [4.69, 9.17) is 14.2 Å². The van der Waals surface area contributed by atoms with Gasteiger partial charge >= 0.3 is 0 Å². The first-order valence-electron chi connectivity index (χ1n) is 6.67. The molecule has 3 nitrogen and oxygen atoms in total. The first-order chi connectivity index (χ1) is 10.2. The van der Waals surface area contributed by atoms with Crippen LogP contribution in [0.15, 0.2) is 36.4 Å². The maximum Gasteiger partial charge on any atom is 0.203 e. The third-order valence-electron chi connectivity index (χ3n) is 3.14. The Morgan fingerprint density at radius 3 is 2.14 bits per heavy atom. The molecule has 0 aliphatic rings. The fourth-order valence-electron chi connectivity index (χ4n) is 2.11. The van der Waals surface area contributed by atoms with Gasteiger partial charge in [-0.3, -0.25) is 0 Å². The van der Waals surface area contributed by atoms with Gasteiger partial charge < -0.3 is 14.2 Å². The van der Waals surface area contributed by atoms with Gasteiger partial charge in [-0.2, -0.15) is 0 Å². The molecule has 0 N–H and O–H groups in total. The molecule has 0 fully saturated rings. The Morgan fingerprint density at radius 2 is 1.62 bits per heavy atom. The number of hydrogen-bond acceptors (Lipinski definition) is 3. The fourth-order valence-corrected chi connectivity index (χ4v) is 2.43. The van der Waals surface area contributed by atoms with Crippen molar-refractivity contribution in [2.24, 2.45) is 0 Å². The molecule has 0 atom stereocenters. The number of benzene rings is 2. The molecule has 0 heterocycles. The van der Waals surface area contributed by atoms with Crippen LogP contribution in [0.2, 0.25) is 0 Å². The van der Waals surface area contributed by atoms with Crippen LogP contribution in [0.5, 0.6) is 17.2 Å². The predicted octanol–water partition coefficient (Wildman–Crippen LogP) is 4.49. The summed E-state index contributed by atoms with van der Waals surface area (Å²) in [7, 11) is 3.26. The molecule has 0 amide bonds. The second-order valence-electron chi connectivity index (χ2n) is 4.74. The molecule has 4 heteroatoms. The third-order valence-corrected chi connectivity index (χ3v) is 3.79. The van der Waals surface area contributed by atoms with Crippen molar-refractivity contribution < 1.29 is 14.2 Å². The predicted molar refractivity (Wildman–Crippen MR) is 87.7 cm³/mol. The Kier molecular flexibility index (Phi) is 5.51. The molecule has 112 valence electrons. The Bertz CT molecular complexity index is 586. The van der Waals surface area contributed by atoms with Crippen molar-refractivity contribution in [2.45, 2.75) is 18.9 Å². The summed E-state index contributed by atoms with van der Waals surface area (Å²) in [5, 5.41) is 0.734. The van der Waals surface area contributed by atoms with Gasteiger partial charge in [-0.15, -0.1) is 0 Å². The van der Waals surface area contributed by atoms with Gasteiger partial charge in [0.1, 0.15) is 6.61 Å². The minimum absolute atomic E-state index is 0.474. The lowest BCUT2D eigenvalue weighted by molar-refractivity contribution is 0.265. The zero-order chi connectivity index (χ0) is 15.2. The van der Waals surface area contributed by atoms with Gasteiger partial charge in [0.05, 0.1) is 14.2 Å². The van der Waals surface area contributed by atoms with E-state index in [1.165, 1.54) is 5.56 Å². The first kappa shape index (κ1) is 15.7. The normalized spacial score (nSPS) is 10.3. The standard InChI is InChI=1S/C17H19BrO3/c1-12-5-4-6-13(7-12)11-21-17-15(19-2)8-14(10-18)9-16(17)20-3/h4-9H,10-11H2,1-3H3. The Labute approximate surface area is 134 Å². The average Bonchev–Trinajstić information content (AvgIpc) is 2.52. The molecule has 2 aromatic rings. The maximum absolute atomic E-state index is 5.93. The summed E-state index contributed by atoms with van der Waals surface area (Å²) in [5.41, 5.74) is 3.40. The van der Waals surface area contributed by atoms with E-state index >= 15 is 0 Å². The molecule has 0 aromatic heterocycles. The van der Waals surface area contributed by atoms with E-state index in [0.29, 0.717) is 23.9 Å². The maximum atomic E-state index is 5.93. The summed E-state index contributed by atoms with van der Waals surface area (Å²) in [6.45, 7) is 2.54. The molecule has 21 heavy (non-hydrogen) atoms. The van der Waals surface area contributed by atoms with Crippen molar-refractivity contribution in [3.63, 3.8) is 0 Å². The van der Waals surface area contributed by atoms with Crippen molar-refractivity contribution in [3.05, 3.63) is 53.1 Å². The summed E-state index contributed by atoms with van der Waals surface area (Å²) in [4.78, 5) is 0. The van der Waals surface area contributed by atoms with Crippen molar-refractivity contribution in [1.29, 1.82) is 0 Å². The molecule has 2 rings (SSSR count). The van der Waals surface area contributed by atoms with Crippen LogP contribution in [0, 0.1) is 6.92 Å². The van der Waals surface area contributed by atoms with E-state index in [-0.39, 0.29) is 0 Å². The van der Waals surface area contributed by atoms with Crippen molar-refractivity contribution in [1.82, 2.24) is 0 Å². The van der Waals surface area contributed by atoms with Crippen LogP contribution in [0.4, 0.5) is 0 Å². The van der Waals surface area contributed by atoms with Crippen molar-refractivity contribution in [3.8, 4) is 17.2 Å². The van der Waals surface area contributed by atoms with Crippen molar-refractivity contribution >= 4 is 15.9 Å². The van der Waals surface area contributed by atoms with Gasteiger partial charge in [-0.1, -0.05) is 45.8 Å². The molecule has 0 saturated carbocycles. The van der Waals surface area contributed by atoms with E-state index in [9.17, 15) is 0 Å². The SMILES string of the molecule is COc1cc(CBr)cc(OC)c1OCc1cccc(C)c1. The molecule has 0 aliphatic heterocycles. The van der Waals surface area contributed by atoms with Crippen LogP contribution in [-0.4, -0.2) is 14.2 Å². The van der Waals surface area contributed by atoms with Gasteiger partial charge in [0.15, 0.2) is 11.5 Å². The molecule has 2 aromatic carbocycles. The van der Waals surface area contributed by atoms with Crippen LogP contribution < -0.4 is 14.2 Å². The monoisotopic (exact) mass is 350 g/mol. The van der Waals surface area contributed by atoms with Gasteiger partial charge in [0.25, 0.3) is 0 Å². The number of halogens is 1. The lowest BCUT2D eigenvalue weighted by atomic mass is 10.1. The Hall–Kier alpha value is -1.68. The third kappa shape index (κ3) is 3.91. The van der Waals surface area contributed by atoms with Crippen LogP contribution >= 0.6 is 15.9 Å². The van der Waals surface area contributed by atoms with E-state index in [1.807, 2.05) is 24.3 Å². The molecular formula is C17H19BrO3. The largest absolute Gasteiger partial charge is 0.493 e. The Balaban J connectivity index is 2.26. The molecule has 0 bridgehead atoms. The summed E-state index contributed by atoms with van der Waals surface area (Å²) in [6, 6.07) is 12.1. The van der Waals surface area contributed by atoms with E-state index < -0.39 is 0 Å². The molecule has 0 aliphatic carbocycles. The smallest absolute Gasteiger partial charge is 0.203 e. The highest BCUT2D eigenvalue weighted by Crippen LogP contribution is 2.39. The minimum Gasteiger partial charge on any atom is -0.493 e. The number of ether oxygens (including phenoxy) is 3. The highest BCUT2D eigenvalue weighted by Gasteiger charge is 2.14. The van der Waals surface area contributed by atoms with Gasteiger partial charge in [-0.05, 0) is 30.2 Å². The quantitative estimate of drug-likeness (QED) is 0.718. The number of methoxy groups -OCH3 is 2. The summed E-state index contributed by atoms with van der Waals surface area (Å²) in [6.07, 6.45) is 0. The number of rotatable bonds is 6. The van der Waals surface area contributed by atoms with Gasteiger partial charge in [0.2, 0.25) is 5.75 Å². The summed E-state index contributed by atoms with van der Waals surface area (Å²) < 4.78 is 16.8. The second-order valence-corrected chi connectivity index (χ2v) is 5.30. The first-order valence-corrected chi connectivity index (χ1v) is 7.79. The second kappa shape index (κ2) is 7.36. The number of hydrogen-bond donors (Lipinski definition) is 0. The molecular weight excluding hydrogens is 332 g/mol. The van der Waals surface area contributed by atoms with Crippen LogP contribution in [0.3, 0.4) is 0 Å². The average molecular weight is 351 g/mol. The zero-order valence-corrected chi connectivity index (χ0v) is 14.1. The molecule has 0 unspecified atom stereocenters. The molecule has 0 spiro atoms. The summed E-state index contributed by atoms with van der Waals surface area (Å²) in [5.74, 6) is 1.99. The highest BCUT2D eigenvalue weighted by molar-refractivity contribution is 9.08. The fraction of sp³-hybridized carbons (Fsp3) is 0.294. The van der Waals surface area contributed by atoms with Crippen molar-refractivity contribution in [2.75, 3.05) is 14.2 Å². The van der Waals surface area contributed by atoms with Crippen LogP contribution in [0.25, 0.3) is 0 Å². The lowest BCUT2D eigenvalue weighted by Crippen LogP contribution is -2.01. The molecule has 0 radical (unpaired) electrons. The van der Waals surface area contributed by atoms with E-state index in [2.05, 4.69) is 35.0 Å². The van der Waals surface area contributed by atoms with Gasteiger partial charge in [-0.25, -0.2) is 0 Å². The topological polar surface area (TPSA) is 27.7 Å². The molecule has 0 saturated heterocycles.